The van der Waals surface area contributed by atoms with Crippen LogP contribution in [0.5, 0.6) is 5.75 Å². The highest BCUT2D eigenvalue weighted by molar-refractivity contribution is 7.80. The molecule has 2 heterocycles. The number of nitrogens with zero attached hydrogens (tertiary/aromatic N) is 2. The van der Waals surface area contributed by atoms with Gasteiger partial charge in [0.2, 0.25) is 5.91 Å². The van der Waals surface area contributed by atoms with Crippen LogP contribution in [0, 0.1) is 12.8 Å². The molecule has 146 valence electrons. The monoisotopic (exact) mass is 415 g/mol. The van der Waals surface area contributed by atoms with Gasteiger partial charge in [-0.25, -0.2) is 0 Å². The van der Waals surface area contributed by atoms with Crippen molar-refractivity contribution in [3.63, 3.8) is 0 Å². The number of fused-ring (bicyclic) bond motifs is 4. The van der Waals surface area contributed by atoms with Crippen LogP contribution >= 0.6 is 23.8 Å². The maximum Gasteiger partial charge on any atom is 0.233 e. The number of hydrogen-bond acceptors (Lipinski definition) is 3. The van der Waals surface area contributed by atoms with Crippen LogP contribution in [0.3, 0.4) is 0 Å². The molecule has 4 rings (SSSR count). The van der Waals surface area contributed by atoms with Crippen molar-refractivity contribution in [1.82, 2.24) is 10.2 Å². The molecule has 2 aliphatic heterocycles. The minimum atomic E-state index is -0.983. The van der Waals surface area contributed by atoms with Crippen molar-refractivity contribution in [1.29, 1.82) is 0 Å². The molecule has 7 heteroatoms. The van der Waals surface area contributed by atoms with E-state index in [0.717, 1.165) is 16.8 Å². The van der Waals surface area contributed by atoms with Gasteiger partial charge < -0.3 is 15.0 Å². The van der Waals surface area contributed by atoms with Crippen molar-refractivity contribution in [3.05, 3.63) is 58.6 Å². The second-order valence-corrected chi connectivity index (χ2v) is 8.47. The van der Waals surface area contributed by atoms with E-state index in [1.807, 2.05) is 55.1 Å². The molecule has 1 fully saturated rings. The van der Waals surface area contributed by atoms with Crippen molar-refractivity contribution in [3.8, 4) is 5.75 Å². The van der Waals surface area contributed by atoms with Gasteiger partial charge in [0.15, 0.2) is 10.8 Å². The van der Waals surface area contributed by atoms with Crippen LogP contribution in [-0.4, -0.2) is 35.7 Å². The number of amides is 1. The molecule has 1 N–H and O–H groups in total. The summed E-state index contributed by atoms with van der Waals surface area (Å²) in [5.41, 5.74) is 1.84. The summed E-state index contributed by atoms with van der Waals surface area (Å²) in [5, 5.41) is 4.49. The van der Waals surface area contributed by atoms with E-state index in [0.29, 0.717) is 15.9 Å². The Bertz CT molecular complexity index is 980. The quantitative estimate of drug-likeness (QED) is 0.754. The standard InChI is InChI=1S/C21H22ClN3O2S/c1-12-6-5-7-14(10-12)25-20(28)23-18-15-11-13(22)8-9-16(15)27-21(25,2)17(18)19(26)24(3)4/h5-11,17-18H,1-4H3,(H,23,28)/t17-,18+,21+/m1/s1. The Morgan fingerprint density at radius 1 is 1.29 bits per heavy atom. The first-order chi connectivity index (χ1) is 13.2. The molecule has 2 aromatic rings. The summed E-state index contributed by atoms with van der Waals surface area (Å²) in [6.07, 6.45) is 0. The first-order valence-electron chi connectivity index (χ1n) is 9.09. The van der Waals surface area contributed by atoms with Crippen molar-refractivity contribution in [2.24, 2.45) is 5.92 Å². The van der Waals surface area contributed by atoms with Gasteiger partial charge in [0.1, 0.15) is 11.7 Å². The summed E-state index contributed by atoms with van der Waals surface area (Å²) in [4.78, 5) is 16.8. The Kier molecular flexibility index (Phi) is 4.51. The van der Waals surface area contributed by atoms with Gasteiger partial charge in [-0.2, -0.15) is 0 Å². The van der Waals surface area contributed by atoms with E-state index in [1.54, 1.807) is 25.1 Å². The average molecular weight is 416 g/mol. The Morgan fingerprint density at radius 2 is 2.04 bits per heavy atom. The number of hydrogen-bond donors (Lipinski definition) is 1. The lowest BCUT2D eigenvalue weighted by Crippen LogP contribution is -2.72. The summed E-state index contributed by atoms with van der Waals surface area (Å²) < 4.78 is 6.50. The zero-order valence-corrected chi connectivity index (χ0v) is 17.8. The Morgan fingerprint density at radius 3 is 2.71 bits per heavy atom. The van der Waals surface area contributed by atoms with Gasteiger partial charge in [-0.05, 0) is 62.0 Å². The van der Waals surface area contributed by atoms with Crippen LogP contribution < -0.4 is 15.0 Å². The summed E-state index contributed by atoms with van der Waals surface area (Å²) >= 11 is 12.0. The number of ether oxygens (including phenoxy) is 1. The van der Waals surface area contributed by atoms with E-state index >= 15 is 0 Å². The van der Waals surface area contributed by atoms with E-state index in [4.69, 9.17) is 28.6 Å². The number of carbonyl (C=O) groups excluding carboxylic acids is 1. The zero-order valence-electron chi connectivity index (χ0n) is 16.2. The van der Waals surface area contributed by atoms with E-state index in [9.17, 15) is 4.79 Å². The number of aryl methyl sites for hydroxylation is 1. The summed E-state index contributed by atoms with van der Waals surface area (Å²) in [7, 11) is 3.51. The molecule has 0 aromatic heterocycles. The number of thiocarbonyl (C=S) groups is 1. The van der Waals surface area contributed by atoms with E-state index < -0.39 is 11.6 Å². The number of anilines is 1. The highest BCUT2D eigenvalue weighted by Gasteiger charge is 2.59. The molecule has 1 amide bonds. The van der Waals surface area contributed by atoms with Crippen molar-refractivity contribution in [2.75, 3.05) is 19.0 Å². The van der Waals surface area contributed by atoms with Crippen LogP contribution in [-0.2, 0) is 4.79 Å². The zero-order chi connectivity index (χ0) is 20.2. The first kappa shape index (κ1) is 19.0. The predicted octanol–water partition coefficient (Wildman–Crippen LogP) is 3.90. The first-order valence-corrected chi connectivity index (χ1v) is 9.88. The van der Waals surface area contributed by atoms with Crippen molar-refractivity contribution in [2.45, 2.75) is 25.6 Å². The number of benzene rings is 2. The maximum absolute atomic E-state index is 13.3. The largest absolute Gasteiger partial charge is 0.467 e. The van der Waals surface area contributed by atoms with Crippen molar-refractivity contribution < 1.29 is 9.53 Å². The summed E-state index contributed by atoms with van der Waals surface area (Å²) in [5.74, 6) is 0.152. The molecule has 0 spiro atoms. The highest BCUT2D eigenvalue weighted by atomic mass is 35.5. The fourth-order valence-electron chi connectivity index (χ4n) is 4.17. The van der Waals surface area contributed by atoms with Gasteiger partial charge in [0.25, 0.3) is 0 Å². The summed E-state index contributed by atoms with van der Waals surface area (Å²) in [6.45, 7) is 3.95. The van der Waals surface area contributed by atoms with Crippen LogP contribution in [0.4, 0.5) is 5.69 Å². The number of carbonyl (C=O) groups is 1. The van der Waals surface area contributed by atoms with Gasteiger partial charge in [-0.3, -0.25) is 9.69 Å². The normalized spacial score (nSPS) is 25.5. The fourth-order valence-corrected chi connectivity index (χ4v) is 4.76. The molecular weight excluding hydrogens is 394 g/mol. The molecule has 28 heavy (non-hydrogen) atoms. The van der Waals surface area contributed by atoms with Gasteiger partial charge in [0, 0.05) is 30.4 Å². The van der Waals surface area contributed by atoms with E-state index in [2.05, 4.69) is 5.32 Å². The van der Waals surface area contributed by atoms with Crippen molar-refractivity contribution >= 4 is 40.5 Å². The third kappa shape index (κ3) is 2.83. The second-order valence-electron chi connectivity index (χ2n) is 7.65. The topological polar surface area (TPSA) is 44.8 Å². The molecule has 2 aliphatic rings. The smallest absolute Gasteiger partial charge is 0.233 e. The molecule has 0 unspecified atom stereocenters. The van der Waals surface area contributed by atoms with Crippen LogP contribution in [0.1, 0.15) is 24.1 Å². The molecule has 1 saturated heterocycles. The predicted molar refractivity (Wildman–Crippen MR) is 115 cm³/mol. The summed E-state index contributed by atoms with van der Waals surface area (Å²) in [6, 6.07) is 13.2. The van der Waals surface area contributed by atoms with E-state index in [1.165, 1.54) is 0 Å². The van der Waals surface area contributed by atoms with E-state index in [-0.39, 0.29) is 11.9 Å². The average Bonchev–Trinajstić information content (AvgIpc) is 2.61. The van der Waals surface area contributed by atoms with Gasteiger partial charge in [-0.1, -0.05) is 23.7 Å². The third-order valence-electron chi connectivity index (χ3n) is 5.43. The number of nitrogens with one attached hydrogen (secondary N) is 1. The van der Waals surface area contributed by atoms with Crippen LogP contribution in [0.25, 0.3) is 0 Å². The van der Waals surface area contributed by atoms with Crippen LogP contribution in [0.15, 0.2) is 42.5 Å². The maximum atomic E-state index is 13.3. The Labute approximate surface area is 175 Å². The fraction of sp³-hybridized carbons (Fsp3) is 0.333. The second kappa shape index (κ2) is 6.64. The van der Waals surface area contributed by atoms with Gasteiger partial charge >= 0.3 is 0 Å². The Hall–Kier alpha value is -2.31. The molecular formula is C21H22ClN3O2S. The Balaban J connectivity index is 1.93. The molecule has 2 aromatic carbocycles. The molecule has 0 aliphatic carbocycles. The number of rotatable bonds is 2. The number of halogens is 1. The lowest BCUT2D eigenvalue weighted by molar-refractivity contribution is -0.144. The van der Waals surface area contributed by atoms with Gasteiger partial charge in [0.05, 0.1) is 6.04 Å². The highest BCUT2D eigenvalue weighted by Crippen LogP contribution is 2.50. The minimum Gasteiger partial charge on any atom is -0.467 e. The molecule has 0 saturated carbocycles. The third-order valence-corrected chi connectivity index (χ3v) is 5.96. The molecule has 0 radical (unpaired) electrons. The molecule has 3 atom stereocenters. The molecule has 2 bridgehead atoms. The minimum absolute atomic E-state index is 0.0363. The van der Waals surface area contributed by atoms with Gasteiger partial charge in [-0.15, -0.1) is 0 Å². The lowest BCUT2D eigenvalue weighted by atomic mass is 9.78. The lowest BCUT2D eigenvalue weighted by Gasteiger charge is -2.56. The SMILES string of the molecule is Cc1cccc(N2C(=S)N[C@H]3c4cc(Cl)ccc4O[C@@]2(C)[C@H]3C(=O)N(C)C)c1. The van der Waals surface area contributed by atoms with Crippen LogP contribution in [0.2, 0.25) is 5.02 Å². The molecule has 5 nitrogen and oxygen atoms in total.